The van der Waals surface area contributed by atoms with E-state index < -0.39 is 36.0 Å². The fourth-order valence-electron chi connectivity index (χ4n) is 5.93. The van der Waals surface area contributed by atoms with Gasteiger partial charge < -0.3 is 28.4 Å². The van der Waals surface area contributed by atoms with Gasteiger partial charge in [0.05, 0.1) is 19.3 Å². The van der Waals surface area contributed by atoms with E-state index in [2.05, 4.69) is 6.58 Å². The molecule has 5 rings (SSSR count). The molecule has 2 saturated carbocycles. The first-order valence-electron chi connectivity index (χ1n) is 12.1. The summed E-state index contributed by atoms with van der Waals surface area (Å²) < 4.78 is 37.8. The van der Waals surface area contributed by atoms with Gasteiger partial charge in [-0.1, -0.05) is 19.4 Å². The molecule has 3 heterocycles. The Morgan fingerprint density at radius 3 is 2.29 bits per heavy atom. The Morgan fingerprint density at radius 2 is 1.61 bits per heavy atom. The van der Waals surface area contributed by atoms with Crippen molar-refractivity contribution in [2.24, 2.45) is 5.92 Å². The van der Waals surface area contributed by atoms with Crippen molar-refractivity contribution < 1.29 is 33.2 Å². The molecule has 2 aliphatic carbocycles. The highest BCUT2D eigenvalue weighted by Crippen LogP contribution is 2.47. The largest absolute Gasteiger partial charge is 0.456 e. The van der Waals surface area contributed by atoms with Crippen LogP contribution in [0.3, 0.4) is 0 Å². The van der Waals surface area contributed by atoms with Crippen LogP contribution in [0.2, 0.25) is 0 Å². The highest BCUT2D eigenvalue weighted by Gasteiger charge is 2.57. The lowest BCUT2D eigenvalue weighted by atomic mass is 9.89. The molecule has 5 fully saturated rings. The second kappa shape index (κ2) is 8.75. The summed E-state index contributed by atoms with van der Waals surface area (Å²) in [6.07, 6.45) is 9.38. The second-order valence-electron chi connectivity index (χ2n) is 9.95. The summed E-state index contributed by atoms with van der Waals surface area (Å²) in [4.78, 5) is 12.6. The maximum Gasteiger partial charge on any atom is 0.333 e. The SMILES string of the molecule is C=C(C)C(=O)OC1C(C2COC3(CCCCC3)O2)CCOC2OC3(CCCCC3)OC21. The van der Waals surface area contributed by atoms with Crippen LogP contribution >= 0.6 is 0 Å². The number of hydrogen-bond donors (Lipinski definition) is 0. The Kier molecular flexibility index (Phi) is 6.16. The van der Waals surface area contributed by atoms with Gasteiger partial charge in [-0.2, -0.15) is 0 Å². The molecule has 0 amide bonds. The number of fused-ring (bicyclic) bond motifs is 1. The van der Waals surface area contributed by atoms with Crippen LogP contribution in [0.5, 0.6) is 0 Å². The molecule has 5 unspecified atom stereocenters. The maximum absolute atomic E-state index is 12.6. The average molecular weight is 437 g/mol. The van der Waals surface area contributed by atoms with Crippen molar-refractivity contribution >= 4 is 5.97 Å². The molecular weight excluding hydrogens is 400 g/mol. The number of carbonyl (C=O) groups excluding carboxylic acids is 1. The Hall–Kier alpha value is -0.990. The molecule has 0 aromatic rings. The third-order valence-corrected chi connectivity index (χ3v) is 7.61. The van der Waals surface area contributed by atoms with E-state index in [9.17, 15) is 4.79 Å². The summed E-state index contributed by atoms with van der Waals surface area (Å²) in [5, 5.41) is 0. The van der Waals surface area contributed by atoms with Gasteiger partial charge in [0.15, 0.2) is 17.9 Å². The van der Waals surface area contributed by atoms with E-state index in [1.807, 2.05) is 0 Å². The predicted molar refractivity (Wildman–Crippen MR) is 111 cm³/mol. The number of ether oxygens (including phenoxy) is 6. The number of rotatable bonds is 3. The lowest BCUT2D eigenvalue weighted by Gasteiger charge is -2.36. The van der Waals surface area contributed by atoms with Crippen molar-refractivity contribution in [1.29, 1.82) is 0 Å². The molecule has 174 valence electrons. The van der Waals surface area contributed by atoms with Gasteiger partial charge in [-0.05, 0) is 39.0 Å². The minimum Gasteiger partial charge on any atom is -0.456 e. The highest BCUT2D eigenvalue weighted by atomic mass is 16.8. The minimum absolute atomic E-state index is 0.0815. The molecule has 5 aliphatic rings. The summed E-state index contributed by atoms with van der Waals surface area (Å²) in [5.74, 6) is -1.59. The Morgan fingerprint density at radius 1 is 0.935 bits per heavy atom. The fourth-order valence-corrected chi connectivity index (χ4v) is 5.93. The molecule has 0 bridgehead atoms. The smallest absolute Gasteiger partial charge is 0.333 e. The van der Waals surface area contributed by atoms with Crippen LogP contribution in [0.4, 0.5) is 0 Å². The second-order valence-corrected chi connectivity index (χ2v) is 9.95. The third kappa shape index (κ3) is 4.32. The first-order chi connectivity index (χ1) is 15.0. The normalized spacial score (nSPS) is 39.2. The molecule has 0 N–H and O–H groups in total. The van der Waals surface area contributed by atoms with Crippen molar-refractivity contribution in [3.8, 4) is 0 Å². The molecule has 2 spiro atoms. The van der Waals surface area contributed by atoms with E-state index in [0.29, 0.717) is 25.2 Å². The fraction of sp³-hybridized carbons (Fsp3) is 0.875. The van der Waals surface area contributed by atoms with E-state index in [-0.39, 0.29) is 12.0 Å². The van der Waals surface area contributed by atoms with E-state index >= 15 is 0 Å². The van der Waals surface area contributed by atoms with Gasteiger partial charge in [0.2, 0.25) is 0 Å². The standard InChI is InChI=1S/C24H36O7/c1-16(2)21(25)28-19-17(18-15-27-23(29-18)10-5-3-6-11-23)9-14-26-22-20(19)30-24(31-22)12-7-4-8-13-24/h17-20,22H,1,3-15H2,2H3. The van der Waals surface area contributed by atoms with Gasteiger partial charge >= 0.3 is 5.97 Å². The van der Waals surface area contributed by atoms with Crippen LogP contribution in [0.15, 0.2) is 12.2 Å². The first kappa shape index (κ1) is 21.8. The Balaban J connectivity index is 1.38. The zero-order chi connectivity index (χ0) is 21.5. The molecule has 7 nitrogen and oxygen atoms in total. The van der Waals surface area contributed by atoms with E-state index in [1.54, 1.807) is 6.92 Å². The number of esters is 1. The van der Waals surface area contributed by atoms with Crippen LogP contribution in [-0.2, 0) is 33.2 Å². The van der Waals surface area contributed by atoms with Crippen molar-refractivity contribution in [2.45, 2.75) is 114 Å². The topological polar surface area (TPSA) is 72.5 Å². The summed E-state index contributed by atoms with van der Waals surface area (Å²) in [6.45, 7) is 6.46. The molecular formula is C24H36O7. The highest BCUT2D eigenvalue weighted by molar-refractivity contribution is 5.87. The summed E-state index contributed by atoms with van der Waals surface area (Å²) in [7, 11) is 0. The molecule has 3 saturated heterocycles. The van der Waals surface area contributed by atoms with Gasteiger partial charge in [0, 0.05) is 37.2 Å². The van der Waals surface area contributed by atoms with Crippen LogP contribution in [0.1, 0.15) is 77.6 Å². The number of carbonyl (C=O) groups is 1. The molecule has 0 aromatic heterocycles. The van der Waals surface area contributed by atoms with Crippen LogP contribution in [0, 0.1) is 5.92 Å². The molecule has 7 heteroatoms. The van der Waals surface area contributed by atoms with Crippen molar-refractivity contribution in [2.75, 3.05) is 13.2 Å². The average Bonchev–Trinajstić information content (AvgIpc) is 3.28. The summed E-state index contributed by atoms with van der Waals surface area (Å²) in [6, 6.07) is 0. The van der Waals surface area contributed by atoms with E-state index in [1.165, 1.54) is 12.8 Å². The Labute approximate surface area is 184 Å². The van der Waals surface area contributed by atoms with E-state index in [0.717, 1.165) is 51.4 Å². The van der Waals surface area contributed by atoms with Crippen LogP contribution in [0.25, 0.3) is 0 Å². The van der Waals surface area contributed by atoms with Gasteiger partial charge in [0.1, 0.15) is 12.2 Å². The quantitative estimate of drug-likeness (QED) is 0.489. The minimum atomic E-state index is -0.624. The predicted octanol–water partition coefficient (Wildman–Crippen LogP) is 3.99. The zero-order valence-corrected chi connectivity index (χ0v) is 18.6. The van der Waals surface area contributed by atoms with Crippen LogP contribution in [-0.4, -0.2) is 55.4 Å². The van der Waals surface area contributed by atoms with Gasteiger partial charge in [-0.3, -0.25) is 0 Å². The maximum atomic E-state index is 12.6. The Bertz CT molecular complexity index is 679. The lowest BCUT2D eigenvalue weighted by Crippen LogP contribution is -2.47. The molecule has 31 heavy (non-hydrogen) atoms. The van der Waals surface area contributed by atoms with E-state index in [4.69, 9.17) is 28.4 Å². The first-order valence-corrected chi connectivity index (χ1v) is 12.1. The summed E-state index contributed by atoms with van der Waals surface area (Å²) >= 11 is 0. The molecule has 0 radical (unpaired) electrons. The molecule has 3 aliphatic heterocycles. The zero-order valence-electron chi connectivity index (χ0n) is 18.6. The van der Waals surface area contributed by atoms with Crippen molar-refractivity contribution in [1.82, 2.24) is 0 Å². The van der Waals surface area contributed by atoms with Crippen molar-refractivity contribution in [3.05, 3.63) is 12.2 Å². The van der Waals surface area contributed by atoms with Crippen molar-refractivity contribution in [3.63, 3.8) is 0 Å². The molecule has 0 aromatic carbocycles. The summed E-state index contributed by atoms with van der Waals surface area (Å²) in [5.41, 5.74) is 0.374. The van der Waals surface area contributed by atoms with Crippen LogP contribution < -0.4 is 0 Å². The lowest BCUT2D eigenvalue weighted by molar-refractivity contribution is -0.231. The number of hydrogen-bond acceptors (Lipinski definition) is 7. The molecule has 5 atom stereocenters. The van der Waals surface area contributed by atoms with Gasteiger partial charge in [-0.25, -0.2) is 4.79 Å². The van der Waals surface area contributed by atoms with Gasteiger partial charge in [-0.15, -0.1) is 0 Å². The monoisotopic (exact) mass is 436 g/mol. The third-order valence-electron chi connectivity index (χ3n) is 7.61. The van der Waals surface area contributed by atoms with Gasteiger partial charge in [0.25, 0.3) is 0 Å².